The number of hydrazine groups is 1. The molecule has 0 heterocycles. The smallest absolute Gasteiger partial charge is 0.119 e. The molecule has 3 nitrogen and oxygen atoms in total. The minimum atomic E-state index is 0.854. The first kappa shape index (κ1) is 10.0. The SMILES string of the molecule is COc1cccc(CCN(C)N)c1. The van der Waals surface area contributed by atoms with E-state index in [9.17, 15) is 0 Å². The minimum Gasteiger partial charge on any atom is -0.497 e. The number of hydrogen-bond donors (Lipinski definition) is 1. The van der Waals surface area contributed by atoms with E-state index in [2.05, 4.69) is 6.07 Å². The van der Waals surface area contributed by atoms with Crippen LogP contribution in [0.5, 0.6) is 5.75 Å². The summed E-state index contributed by atoms with van der Waals surface area (Å²) < 4.78 is 5.12. The molecule has 0 amide bonds. The van der Waals surface area contributed by atoms with Gasteiger partial charge in [0.1, 0.15) is 5.75 Å². The summed E-state index contributed by atoms with van der Waals surface area (Å²) in [5, 5.41) is 1.68. The molecule has 0 atom stereocenters. The first-order chi connectivity index (χ1) is 6.22. The van der Waals surface area contributed by atoms with Crippen LogP contribution in [-0.2, 0) is 6.42 Å². The Bertz CT molecular complexity index is 261. The molecule has 3 heteroatoms. The van der Waals surface area contributed by atoms with Crippen LogP contribution in [0.1, 0.15) is 5.56 Å². The Morgan fingerprint density at radius 3 is 2.85 bits per heavy atom. The van der Waals surface area contributed by atoms with Crippen LogP contribution in [-0.4, -0.2) is 25.7 Å². The van der Waals surface area contributed by atoms with Crippen molar-refractivity contribution < 1.29 is 4.74 Å². The normalized spacial score (nSPS) is 10.5. The van der Waals surface area contributed by atoms with Crippen LogP contribution in [0.15, 0.2) is 24.3 Å². The molecule has 0 bridgehead atoms. The van der Waals surface area contributed by atoms with E-state index < -0.39 is 0 Å². The van der Waals surface area contributed by atoms with Gasteiger partial charge in [-0.15, -0.1) is 0 Å². The largest absolute Gasteiger partial charge is 0.497 e. The number of rotatable bonds is 4. The van der Waals surface area contributed by atoms with Crippen LogP contribution >= 0.6 is 0 Å². The van der Waals surface area contributed by atoms with E-state index in [1.807, 2.05) is 25.2 Å². The van der Waals surface area contributed by atoms with Gasteiger partial charge in [0.2, 0.25) is 0 Å². The Hall–Kier alpha value is -1.06. The molecular formula is C10H16N2O. The highest BCUT2D eigenvalue weighted by Crippen LogP contribution is 2.12. The molecule has 0 saturated heterocycles. The third-order valence-electron chi connectivity index (χ3n) is 1.89. The topological polar surface area (TPSA) is 38.5 Å². The van der Waals surface area contributed by atoms with Gasteiger partial charge in [0.25, 0.3) is 0 Å². The van der Waals surface area contributed by atoms with Gasteiger partial charge in [-0.2, -0.15) is 0 Å². The first-order valence-corrected chi connectivity index (χ1v) is 4.31. The van der Waals surface area contributed by atoms with Gasteiger partial charge in [0.05, 0.1) is 7.11 Å². The maximum Gasteiger partial charge on any atom is 0.119 e. The molecule has 0 aromatic heterocycles. The van der Waals surface area contributed by atoms with Gasteiger partial charge < -0.3 is 4.74 Å². The van der Waals surface area contributed by atoms with E-state index in [4.69, 9.17) is 10.6 Å². The van der Waals surface area contributed by atoms with Crippen LogP contribution in [0, 0.1) is 0 Å². The fourth-order valence-corrected chi connectivity index (χ4v) is 1.13. The van der Waals surface area contributed by atoms with Crippen molar-refractivity contribution in [2.24, 2.45) is 5.84 Å². The van der Waals surface area contributed by atoms with E-state index in [1.54, 1.807) is 12.1 Å². The van der Waals surface area contributed by atoms with Gasteiger partial charge in [0.15, 0.2) is 0 Å². The van der Waals surface area contributed by atoms with Crippen molar-refractivity contribution in [3.63, 3.8) is 0 Å². The lowest BCUT2D eigenvalue weighted by atomic mass is 10.1. The number of likely N-dealkylation sites (N-methyl/N-ethyl adjacent to an activating group) is 1. The molecular weight excluding hydrogens is 164 g/mol. The predicted molar refractivity (Wildman–Crippen MR) is 53.5 cm³/mol. The number of hydrogen-bond acceptors (Lipinski definition) is 3. The Kier molecular flexibility index (Phi) is 3.73. The second kappa shape index (κ2) is 4.84. The average Bonchev–Trinajstić information content (AvgIpc) is 2.15. The fourth-order valence-electron chi connectivity index (χ4n) is 1.13. The zero-order valence-corrected chi connectivity index (χ0v) is 8.16. The second-order valence-corrected chi connectivity index (χ2v) is 3.08. The zero-order valence-electron chi connectivity index (χ0n) is 8.16. The summed E-state index contributed by atoms with van der Waals surface area (Å²) in [6.45, 7) is 0.854. The van der Waals surface area contributed by atoms with E-state index >= 15 is 0 Å². The Labute approximate surface area is 79.1 Å². The van der Waals surface area contributed by atoms with E-state index in [-0.39, 0.29) is 0 Å². The molecule has 1 aromatic carbocycles. The molecule has 13 heavy (non-hydrogen) atoms. The molecule has 0 radical (unpaired) electrons. The number of benzene rings is 1. The summed E-state index contributed by atoms with van der Waals surface area (Å²) in [4.78, 5) is 0. The molecule has 0 spiro atoms. The zero-order chi connectivity index (χ0) is 9.68. The number of methoxy groups -OCH3 is 1. The molecule has 1 rings (SSSR count). The van der Waals surface area contributed by atoms with Gasteiger partial charge in [-0.05, 0) is 24.1 Å². The van der Waals surface area contributed by atoms with Crippen LogP contribution in [0.3, 0.4) is 0 Å². The second-order valence-electron chi connectivity index (χ2n) is 3.08. The van der Waals surface area contributed by atoms with E-state index in [0.29, 0.717) is 0 Å². The van der Waals surface area contributed by atoms with Crippen molar-refractivity contribution >= 4 is 0 Å². The van der Waals surface area contributed by atoms with Crippen molar-refractivity contribution in [2.45, 2.75) is 6.42 Å². The highest BCUT2D eigenvalue weighted by atomic mass is 16.5. The highest BCUT2D eigenvalue weighted by Gasteiger charge is 1.96. The summed E-state index contributed by atoms with van der Waals surface area (Å²) in [5.74, 6) is 6.41. The number of nitrogens with two attached hydrogens (primary N) is 1. The maximum atomic E-state index is 5.51. The molecule has 2 N–H and O–H groups in total. The van der Waals surface area contributed by atoms with Gasteiger partial charge in [0, 0.05) is 13.6 Å². The molecule has 0 unspecified atom stereocenters. The van der Waals surface area contributed by atoms with Crippen molar-refractivity contribution in [1.82, 2.24) is 5.01 Å². The molecule has 0 saturated carbocycles. The van der Waals surface area contributed by atoms with Gasteiger partial charge in [-0.25, -0.2) is 5.01 Å². The lowest BCUT2D eigenvalue weighted by Gasteiger charge is -2.09. The van der Waals surface area contributed by atoms with E-state index in [1.165, 1.54) is 5.56 Å². The highest BCUT2D eigenvalue weighted by molar-refractivity contribution is 5.28. The lowest BCUT2D eigenvalue weighted by Crippen LogP contribution is -2.28. The van der Waals surface area contributed by atoms with Crippen molar-refractivity contribution in [2.75, 3.05) is 20.7 Å². The van der Waals surface area contributed by atoms with Gasteiger partial charge in [-0.3, -0.25) is 5.84 Å². The lowest BCUT2D eigenvalue weighted by molar-refractivity contribution is 0.353. The van der Waals surface area contributed by atoms with Gasteiger partial charge >= 0.3 is 0 Å². The van der Waals surface area contributed by atoms with Crippen molar-refractivity contribution in [1.29, 1.82) is 0 Å². The van der Waals surface area contributed by atoms with Crippen LogP contribution in [0.4, 0.5) is 0 Å². The first-order valence-electron chi connectivity index (χ1n) is 4.31. The predicted octanol–water partition coefficient (Wildman–Crippen LogP) is 1.04. The standard InChI is InChI=1S/C10H16N2O/c1-12(11)7-6-9-4-3-5-10(8-9)13-2/h3-5,8H,6-7,11H2,1-2H3. The molecule has 0 fully saturated rings. The number of ether oxygens (including phenoxy) is 1. The summed E-state index contributed by atoms with van der Waals surface area (Å²) in [6, 6.07) is 8.04. The Morgan fingerprint density at radius 1 is 1.46 bits per heavy atom. The summed E-state index contributed by atoms with van der Waals surface area (Å²) in [6.07, 6.45) is 0.949. The molecule has 1 aromatic rings. The van der Waals surface area contributed by atoms with Crippen LogP contribution in [0.2, 0.25) is 0 Å². The molecule has 72 valence electrons. The summed E-state index contributed by atoms with van der Waals surface area (Å²) >= 11 is 0. The summed E-state index contributed by atoms with van der Waals surface area (Å²) in [7, 11) is 3.54. The van der Waals surface area contributed by atoms with Gasteiger partial charge in [-0.1, -0.05) is 12.1 Å². The quantitative estimate of drug-likeness (QED) is 0.556. The fraction of sp³-hybridized carbons (Fsp3) is 0.400. The summed E-state index contributed by atoms with van der Waals surface area (Å²) in [5.41, 5.74) is 1.25. The minimum absolute atomic E-state index is 0.854. The Morgan fingerprint density at radius 2 is 2.23 bits per heavy atom. The maximum absolute atomic E-state index is 5.51. The van der Waals surface area contributed by atoms with E-state index in [0.717, 1.165) is 18.7 Å². The Balaban J connectivity index is 2.56. The number of nitrogens with zero attached hydrogens (tertiary/aromatic N) is 1. The monoisotopic (exact) mass is 180 g/mol. The van der Waals surface area contributed by atoms with Crippen molar-refractivity contribution in [3.05, 3.63) is 29.8 Å². The third kappa shape index (κ3) is 3.44. The average molecular weight is 180 g/mol. The molecule has 0 aliphatic rings. The third-order valence-corrected chi connectivity index (χ3v) is 1.89. The van der Waals surface area contributed by atoms with Crippen LogP contribution in [0.25, 0.3) is 0 Å². The molecule has 0 aliphatic heterocycles. The van der Waals surface area contributed by atoms with Crippen molar-refractivity contribution in [3.8, 4) is 5.75 Å². The molecule has 0 aliphatic carbocycles. The van der Waals surface area contributed by atoms with Crippen LogP contribution < -0.4 is 10.6 Å².